The van der Waals surface area contributed by atoms with Crippen LogP contribution >= 0.6 is 0 Å². The van der Waals surface area contributed by atoms with E-state index in [1.165, 1.54) is 0 Å². The molecule has 0 aliphatic carbocycles. The minimum atomic E-state index is -3.55. The van der Waals surface area contributed by atoms with Gasteiger partial charge in [0.15, 0.2) is 15.7 Å². The Morgan fingerprint density at radius 3 is 2.27 bits per heavy atom. The zero-order valence-corrected chi connectivity index (χ0v) is 30.6. The molecule has 0 fully saturated rings. The van der Waals surface area contributed by atoms with Gasteiger partial charge >= 0.3 is 0 Å². The molecule has 1 aliphatic rings. The molecule has 3 atom stereocenters. The molecule has 2 unspecified atom stereocenters. The Bertz CT molecular complexity index is 1700. The molecule has 48 heavy (non-hydrogen) atoms. The number of carbonyl (C=O) groups excluding carboxylic acids is 2. The van der Waals surface area contributed by atoms with E-state index < -0.39 is 21.3 Å². The maximum absolute atomic E-state index is 14.5. The first-order valence-electron chi connectivity index (χ1n) is 16.7. The van der Waals surface area contributed by atoms with Crippen LogP contribution in [-0.2, 0) is 21.2 Å². The number of tetrazole rings is 1. The minimum Gasteiger partial charge on any atom is -0.345 e. The Morgan fingerprint density at radius 1 is 1.00 bits per heavy atom. The summed E-state index contributed by atoms with van der Waals surface area (Å²) in [4.78, 5) is 34.5. The molecule has 0 saturated carbocycles. The van der Waals surface area contributed by atoms with E-state index in [1.54, 1.807) is 50.2 Å². The molecule has 0 spiro atoms. The van der Waals surface area contributed by atoms with E-state index in [0.717, 1.165) is 18.4 Å². The molecule has 1 aromatic heterocycles. The fraction of sp³-hybridized carbons (Fsp3) is 0.556. The van der Waals surface area contributed by atoms with Gasteiger partial charge in [-0.05, 0) is 86.1 Å². The number of hydrogen-bond donors (Lipinski definition) is 2. The number of carbonyl (C=O) groups is 2. The van der Waals surface area contributed by atoms with Crippen LogP contribution in [0.4, 0.5) is 0 Å². The summed E-state index contributed by atoms with van der Waals surface area (Å²) in [5.74, 6) is 0.269. The summed E-state index contributed by atoms with van der Waals surface area (Å²) in [7, 11) is -3.55. The van der Waals surface area contributed by atoms with E-state index in [1.807, 2.05) is 17.0 Å². The Hall–Kier alpha value is -3.93. The summed E-state index contributed by atoms with van der Waals surface area (Å²) in [6, 6.07) is 13.6. The van der Waals surface area contributed by atoms with Crippen molar-refractivity contribution in [3.05, 3.63) is 71.0 Å². The van der Waals surface area contributed by atoms with Crippen LogP contribution in [0.25, 0.3) is 0 Å². The first kappa shape index (κ1) is 36.9. The highest BCUT2D eigenvalue weighted by atomic mass is 32.2. The summed E-state index contributed by atoms with van der Waals surface area (Å²) >= 11 is 0. The van der Waals surface area contributed by atoms with E-state index in [9.17, 15) is 18.0 Å². The van der Waals surface area contributed by atoms with Crippen LogP contribution < -0.4 is 5.32 Å². The van der Waals surface area contributed by atoms with Gasteiger partial charge in [0.05, 0.1) is 22.7 Å². The average molecular weight is 678 g/mol. The van der Waals surface area contributed by atoms with E-state index in [-0.39, 0.29) is 45.8 Å². The largest absolute Gasteiger partial charge is 0.345 e. The number of rotatable bonds is 13. The first-order valence-corrected chi connectivity index (χ1v) is 18.3. The number of aliphatic imine (C=N–C) groups is 1. The minimum absolute atomic E-state index is 0.00940. The second-order valence-electron chi connectivity index (χ2n) is 15.4. The first-order chi connectivity index (χ1) is 22.4. The van der Waals surface area contributed by atoms with E-state index >= 15 is 0 Å². The van der Waals surface area contributed by atoms with Crippen molar-refractivity contribution in [2.45, 2.75) is 117 Å². The van der Waals surface area contributed by atoms with Gasteiger partial charge in [-0.15, -0.1) is 10.2 Å². The molecule has 0 saturated heterocycles. The number of H-pyrrole nitrogens is 1. The third kappa shape index (κ3) is 8.94. The third-order valence-electron chi connectivity index (χ3n) is 9.29. The van der Waals surface area contributed by atoms with Gasteiger partial charge in [-0.3, -0.25) is 14.6 Å². The summed E-state index contributed by atoms with van der Waals surface area (Å²) in [5, 5.41) is 15.8. The van der Waals surface area contributed by atoms with Crippen LogP contribution in [-0.4, -0.2) is 62.9 Å². The quantitative estimate of drug-likeness (QED) is 0.216. The number of amides is 2. The molecule has 1 aliphatic heterocycles. The molecule has 2 amide bonds. The molecule has 0 bridgehead atoms. The smallest absolute Gasteiger partial charge is 0.274 e. The predicted molar refractivity (Wildman–Crippen MR) is 187 cm³/mol. The molecule has 2 aromatic carbocycles. The predicted octanol–water partition coefficient (Wildman–Crippen LogP) is 6.30. The van der Waals surface area contributed by atoms with Gasteiger partial charge in [-0.2, -0.15) is 5.21 Å². The van der Waals surface area contributed by atoms with Crippen molar-refractivity contribution >= 4 is 27.4 Å². The fourth-order valence-corrected chi connectivity index (χ4v) is 6.71. The highest BCUT2D eigenvalue weighted by Gasteiger charge is 2.41. The van der Waals surface area contributed by atoms with Crippen molar-refractivity contribution in [1.29, 1.82) is 0 Å². The summed E-state index contributed by atoms with van der Waals surface area (Å²) in [5.41, 5.74) is 2.26. The van der Waals surface area contributed by atoms with Gasteiger partial charge in [-0.1, -0.05) is 77.9 Å². The SMILES string of the molecule is CC(CCC1N=C(c2cccc(S(=O)(=O)C(C)C)c2)C(=O)N1[C@H](CCC(C)(C)C)c1ccc(C(=O)NCc2nn[nH]n2)cc1)C(C)(C)C. The lowest BCUT2D eigenvalue weighted by Gasteiger charge is -2.36. The van der Waals surface area contributed by atoms with Gasteiger partial charge in [0, 0.05) is 11.1 Å². The summed E-state index contributed by atoms with van der Waals surface area (Å²) < 4.78 is 26.1. The van der Waals surface area contributed by atoms with Gasteiger partial charge in [0.2, 0.25) is 0 Å². The van der Waals surface area contributed by atoms with Gasteiger partial charge in [0.1, 0.15) is 11.9 Å². The number of aromatic amines is 1. The van der Waals surface area contributed by atoms with Crippen LogP contribution in [0.5, 0.6) is 0 Å². The normalized spacial score (nSPS) is 17.0. The third-order valence-corrected chi connectivity index (χ3v) is 11.4. The van der Waals surface area contributed by atoms with Crippen molar-refractivity contribution in [3.63, 3.8) is 0 Å². The van der Waals surface area contributed by atoms with Crippen molar-refractivity contribution in [2.75, 3.05) is 0 Å². The van der Waals surface area contributed by atoms with Crippen LogP contribution in [0.15, 0.2) is 58.4 Å². The highest BCUT2D eigenvalue weighted by molar-refractivity contribution is 7.92. The van der Waals surface area contributed by atoms with Crippen LogP contribution in [0.1, 0.15) is 121 Å². The number of aromatic nitrogens is 4. The molecular formula is C36H51N7O4S. The van der Waals surface area contributed by atoms with E-state index in [2.05, 4.69) is 74.4 Å². The van der Waals surface area contributed by atoms with Crippen LogP contribution in [0.2, 0.25) is 0 Å². The highest BCUT2D eigenvalue weighted by Crippen LogP contribution is 2.39. The zero-order valence-electron chi connectivity index (χ0n) is 29.7. The monoisotopic (exact) mass is 677 g/mol. The zero-order chi connectivity index (χ0) is 35.4. The number of hydrogen-bond acceptors (Lipinski definition) is 8. The lowest BCUT2D eigenvalue weighted by atomic mass is 9.79. The lowest BCUT2D eigenvalue weighted by molar-refractivity contribution is -0.127. The second kappa shape index (κ2) is 14.7. The fourth-order valence-electron chi connectivity index (χ4n) is 5.61. The van der Waals surface area contributed by atoms with Crippen molar-refractivity contribution in [3.8, 4) is 0 Å². The Labute approximate surface area is 285 Å². The molecule has 3 aromatic rings. The maximum Gasteiger partial charge on any atom is 0.274 e. The van der Waals surface area contributed by atoms with Gasteiger partial charge in [-0.25, -0.2) is 8.42 Å². The average Bonchev–Trinajstić information content (AvgIpc) is 3.66. The van der Waals surface area contributed by atoms with Gasteiger partial charge in [0.25, 0.3) is 11.8 Å². The number of nitrogens with zero attached hydrogens (tertiary/aromatic N) is 5. The second-order valence-corrected chi connectivity index (χ2v) is 17.9. The lowest BCUT2D eigenvalue weighted by Crippen LogP contribution is -2.40. The molecule has 12 heteroatoms. The maximum atomic E-state index is 14.5. The Morgan fingerprint density at radius 2 is 1.69 bits per heavy atom. The van der Waals surface area contributed by atoms with Crippen molar-refractivity contribution in [2.24, 2.45) is 21.7 Å². The van der Waals surface area contributed by atoms with Gasteiger partial charge < -0.3 is 10.2 Å². The summed E-state index contributed by atoms with van der Waals surface area (Å²) in [6.45, 7) is 18.9. The van der Waals surface area contributed by atoms with E-state index in [4.69, 9.17) is 4.99 Å². The van der Waals surface area contributed by atoms with E-state index in [0.29, 0.717) is 35.7 Å². The molecule has 2 heterocycles. The number of benzene rings is 2. The summed E-state index contributed by atoms with van der Waals surface area (Å²) in [6.07, 6.45) is 2.64. The molecular weight excluding hydrogens is 627 g/mol. The molecule has 4 rings (SSSR count). The Kier molecular flexibility index (Phi) is 11.3. The number of sulfone groups is 1. The molecule has 0 radical (unpaired) electrons. The van der Waals surface area contributed by atoms with Crippen LogP contribution in [0, 0.1) is 16.7 Å². The topological polar surface area (TPSA) is 150 Å². The molecule has 11 nitrogen and oxygen atoms in total. The van der Waals surface area contributed by atoms with Crippen molar-refractivity contribution < 1.29 is 18.0 Å². The number of nitrogens with one attached hydrogen (secondary N) is 2. The standard InChI is InChI=1S/C36H51N7O4S/c1-23(2)48(46,47)28-12-10-11-27(21-28)32-34(45)43(31(38-32)18-13-24(3)36(7,8)9)29(19-20-35(4,5)6)25-14-16-26(17-15-25)33(44)37-22-30-39-41-42-40-30/h10-12,14-17,21,23-24,29,31H,13,18-20,22H2,1-9H3,(H,37,44)(H,39,40,41,42)/t24?,29-,31?/m1/s1. The Balaban J connectivity index is 1.71. The van der Waals surface area contributed by atoms with Crippen LogP contribution in [0.3, 0.4) is 0 Å². The molecule has 260 valence electrons. The van der Waals surface area contributed by atoms with Crippen molar-refractivity contribution in [1.82, 2.24) is 30.8 Å². The molecule has 2 N–H and O–H groups in total.